The Morgan fingerprint density at radius 2 is 1.79 bits per heavy atom. The predicted octanol–water partition coefficient (Wildman–Crippen LogP) is 2.48. The van der Waals surface area contributed by atoms with Crippen molar-refractivity contribution in [2.75, 3.05) is 32.8 Å². The van der Waals surface area contributed by atoms with E-state index in [2.05, 4.69) is 0 Å². The first-order valence-electron chi connectivity index (χ1n) is 10.3. The van der Waals surface area contributed by atoms with Crippen molar-refractivity contribution in [3.05, 3.63) is 35.9 Å². The summed E-state index contributed by atoms with van der Waals surface area (Å²) in [7, 11) is -3.48. The van der Waals surface area contributed by atoms with Gasteiger partial charge >= 0.3 is 0 Å². The molecule has 8 heteroatoms. The topological polar surface area (TPSA) is 76.2 Å². The molecule has 0 radical (unpaired) electrons. The van der Waals surface area contributed by atoms with Crippen LogP contribution in [0.2, 0.25) is 0 Å². The van der Waals surface area contributed by atoms with Gasteiger partial charge in [-0.25, -0.2) is 8.42 Å². The Morgan fingerprint density at radius 1 is 1.14 bits per heavy atom. The summed E-state index contributed by atoms with van der Waals surface area (Å²) in [5, 5.41) is 0. The lowest BCUT2D eigenvalue weighted by molar-refractivity contribution is -0.145. The third-order valence-corrected chi connectivity index (χ3v) is 7.50. The van der Waals surface area contributed by atoms with Crippen LogP contribution in [0.5, 0.6) is 0 Å². The fourth-order valence-corrected chi connectivity index (χ4v) is 5.30. The van der Waals surface area contributed by atoms with Gasteiger partial charge in [-0.2, -0.15) is 4.31 Å². The van der Waals surface area contributed by atoms with Crippen molar-refractivity contribution in [1.29, 1.82) is 0 Å². The molecule has 7 nitrogen and oxygen atoms in total. The maximum absolute atomic E-state index is 12.8. The van der Waals surface area contributed by atoms with Crippen LogP contribution in [0, 0.1) is 0 Å². The maximum Gasteiger partial charge on any atom is 0.246 e. The van der Waals surface area contributed by atoms with E-state index in [1.165, 1.54) is 4.31 Å². The molecule has 2 saturated heterocycles. The van der Waals surface area contributed by atoms with Crippen LogP contribution in [-0.2, 0) is 24.3 Å². The SMILES string of the molecule is CCN(CC)S(=O)(=O)c1ccc(/C=C\C(=O)N2CCCC[C@H]2C2OCCO2)cc1. The van der Waals surface area contributed by atoms with Gasteiger partial charge in [-0.15, -0.1) is 0 Å². The molecule has 1 amide bonds. The zero-order chi connectivity index (χ0) is 20.9. The molecule has 1 aromatic rings. The molecule has 2 fully saturated rings. The first-order valence-corrected chi connectivity index (χ1v) is 11.7. The average molecular weight is 423 g/mol. The summed E-state index contributed by atoms with van der Waals surface area (Å²) < 4.78 is 37.8. The lowest BCUT2D eigenvalue weighted by Gasteiger charge is -2.37. The molecule has 1 atom stereocenters. The summed E-state index contributed by atoms with van der Waals surface area (Å²) in [4.78, 5) is 14.8. The molecule has 3 rings (SSSR count). The smallest absolute Gasteiger partial charge is 0.246 e. The molecule has 2 aliphatic heterocycles. The van der Waals surface area contributed by atoms with Gasteiger partial charge in [0.1, 0.15) is 0 Å². The highest BCUT2D eigenvalue weighted by Gasteiger charge is 2.35. The summed E-state index contributed by atoms with van der Waals surface area (Å²) in [5.74, 6) is -0.0753. The van der Waals surface area contributed by atoms with Crippen LogP contribution in [-0.4, -0.2) is 68.7 Å². The van der Waals surface area contributed by atoms with Crippen LogP contribution in [0.3, 0.4) is 0 Å². The largest absolute Gasteiger partial charge is 0.348 e. The summed E-state index contributed by atoms with van der Waals surface area (Å²) in [6, 6.07) is 6.56. The van der Waals surface area contributed by atoms with Gasteiger partial charge in [0.05, 0.1) is 24.2 Å². The fraction of sp³-hybridized carbons (Fsp3) is 0.571. The number of amides is 1. The number of likely N-dealkylation sites (tertiary alicyclic amines) is 1. The molecule has 0 unspecified atom stereocenters. The summed E-state index contributed by atoms with van der Waals surface area (Å²) in [5.41, 5.74) is 0.777. The van der Waals surface area contributed by atoms with Gasteiger partial charge in [0, 0.05) is 25.7 Å². The molecule has 0 aliphatic carbocycles. The van der Waals surface area contributed by atoms with Crippen molar-refractivity contribution in [2.45, 2.75) is 50.3 Å². The van der Waals surface area contributed by atoms with Gasteiger partial charge in [-0.05, 0) is 43.0 Å². The lowest BCUT2D eigenvalue weighted by atomic mass is 10.0. The van der Waals surface area contributed by atoms with Gasteiger partial charge in [-0.1, -0.05) is 26.0 Å². The van der Waals surface area contributed by atoms with Gasteiger partial charge in [0.25, 0.3) is 0 Å². The number of carbonyl (C=O) groups is 1. The van der Waals surface area contributed by atoms with Crippen molar-refractivity contribution >= 4 is 22.0 Å². The van der Waals surface area contributed by atoms with Crippen LogP contribution >= 0.6 is 0 Å². The van der Waals surface area contributed by atoms with Gasteiger partial charge < -0.3 is 14.4 Å². The van der Waals surface area contributed by atoms with Crippen molar-refractivity contribution in [2.24, 2.45) is 0 Å². The predicted molar refractivity (Wildman–Crippen MR) is 111 cm³/mol. The number of nitrogens with zero attached hydrogens (tertiary/aromatic N) is 2. The highest BCUT2D eigenvalue weighted by atomic mass is 32.2. The zero-order valence-corrected chi connectivity index (χ0v) is 17.9. The van der Waals surface area contributed by atoms with Crippen molar-refractivity contribution in [3.8, 4) is 0 Å². The van der Waals surface area contributed by atoms with Crippen LogP contribution < -0.4 is 0 Å². The number of hydrogen-bond donors (Lipinski definition) is 0. The fourth-order valence-electron chi connectivity index (χ4n) is 3.84. The summed E-state index contributed by atoms with van der Waals surface area (Å²) in [6.45, 7) is 6.33. The molecular weight excluding hydrogens is 392 g/mol. The number of ether oxygens (including phenoxy) is 2. The molecule has 160 valence electrons. The zero-order valence-electron chi connectivity index (χ0n) is 17.1. The molecule has 2 aliphatic rings. The average Bonchev–Trinajstić information content (AvgIpc) is 3.28. The van der Waals surface area contributed by atoms with E-state index in [-0.39, 0.29) is 23.1 Å². The van der Waals surface area contributed by atoms with E-state index < -0.39 is 10.0 Å². The molecule has 29 heavy (non-hydrogen) atoms. The Labute approximate surface area is 173 Å². The van der Waals surface area contributed by atoms with Crippen molar-refractivity contribution in [3.63, 3.8) is 0 Å². The number of piperidine rings is 1. The second kappa shape index (κ2) is 9.84. The minimum absolute atomic E-state index is 0.0509. The molecule has 0 saturated carbocycles. The van der Waals surface area contributed by atoms with Gasteiger partial charge in [0.15, 0.2) is 6.29 Å². The second-order valence-corrected chi connectivity index (χ2v) is 9.13. The van der Waals surface area contributed by atoms with E-state index in [9.17, 15) is 13.2 Å². The number of sulfonamides is 1. The number of carbonyl (C=O) groups excluding carboxylic acids is 1. The third kappa shape index (κ3) is 5.06. The number of benzene rings is 1. The Hall–Kier alpha value is -1.74. The quantitative estimate of drug-likeness (QED) is 0.631. The van der Waals surface area contributed by atoms with Crippen molar-refractivity contribution in [1.82, 2.24) is 9.21 Å². The first kappa shape index (κ1) is 22.0. The molecule has 1 aromatic carbocycles. The highest BCUT2D eigenvalue weighted by molar-refractivity contribution is 7.89. The number of rotatable bonds is 7. The van der Waals surface area contributed by atoms with E-state index in [0.717, 1.165) is 24.8 Å². The Bertz CT molecular complexity index is 812. The second-order valence-electron chi connectivity index (χ2n) is 7.20. The minimum Gasteiger partial charge on any atom is -0.348 e. The number of hydrogen-bond acceptors (Lipinski definition) is 5. The molecule has 0 bridgehead atoms. The Kier molecular flexibility index (Phi) is 7.45. The minimum atomic E-state index is -3.48. The normalized spacial score (nSPS) is 21.3. The summed E-state index contributed by atoms with van der Waals surface area (Å²) >= 11 is 0. The standard InChI is InChI=1S/C21H30N2O5S/c1-3-22(4-2)29(25,26)18-11-8-17(9-12-18)10-13-20(24)23-14-6-5-7-19(23)21-27-15-16-28-21/h8-13,19,21H,3-7,14-16H2,1-2H3/b13-10-/t19-/m0/s1. The molecule has 0 spiro atoms. The molecule has 0 aromatic heterocycles. The van der Waals surface area contributed by atoms with Gasteiger partial charge in [0.2, 0.25) is 15.9 Å². The van der Waals surface area contributed by atoms with Crippen LogP contribution in [0.25, 0.3) is 6.08 Å². The monoisotopic (exact) mass is 422 g/mol. The van der Waals surface area contributed by atoms with Gasteiger partial charge in [-0.3, -0.25) is 4.79 Å². The lowest BCUT2D eigenvalue weighted by Crippen LogP contribution is -2.49. The van der Waals surface area contributed by atoms with Crippen LogP contribution in [0.15, 0.2) is 35.2 Å². The third-order valence-electron chi connectivity index (χ3n) is 5.44. The van der Waals surface area contributed by atoms with E-state index in [1.807, 2.05) is 18.7 Å². The van der Waals surface area contributed by atoms with E-state index in [4.69, 9.17) is 9.47 Å². The molecule has 2 heterocycles. The van der Waals surface area contributed by atoms with E-state index in [0.29, 0.717) is 32.8 Å². The van der Waals surface area contributed by atoms with Crippen LogP contribution in [0.4, 0.5) is 0 Å². The maximum atomic E-state index is 12.8. The highest BCUT2D eigenvalue weighted by Crippen LogP contribution is 2.25. The molecule has 0 N–H and O–H groups in total. The summed E-state index contributed by atoms with van der Waals surface area (Å²) in [6.07, 6.45) is 5.84. The molecular formula is C21H30N2O5S. The van der Waals surface area contributed by atoms with E-state index in [1.54, 1.807) is 36.4 Å². The van der Waals surface area contributed by atoms with E-state index >= 15 is 0 Å². The Morgan fingerprint density at radius 3 is 2.41 bits per heavy atom. The van der Waals surface area contributed by atoms with Crippen LogP contribution in [0.1, 0.15) is 38.7 Å². The van der Waals surface area contributed by atoms with Crippen molar-refractivity contribution < 1.29 is 22.7 Å². The first-order chi connectivity index (χ1) is 14.0. The Balaban J connectivity index is 1.68.